The Morgan fingerprint density at radius 1 is 1.36 bits per heavy atom. The van der Waals surface area contributed by atoms with E-state index in [-0.39, 0.29) is 12.0 Å². The number of ether oxygens (including phenoxy) is 1. The largest absolute Gasteiger partial charge is 0.492 e. The van der Waals surface area contributed by atoms with E-state index in [1.807, 2.05) is 48.0 Å². The minimum Gasteiger partial charge on any atom is -0.492 e. The van der Waals surface area contributed by atoms with Gasteiger partial charge in [0.15, 0.2) is 0 Å². The number of likely N-dealkylation sites (tertiary alicyclic amines) is 1. The van der Waals surface area contributed by atoms with E-state index in [1.54, 1.807) is 0 Å². The van der Waals surface area contributed by atoms with Crippen molar-refractivity contribution in [1.29, 1.82) is 0 Å². The van der Waals surface area contributed by atoms with Crippen LogP contribution in [0.5, 0.6) is 5.75 Å². The number of nitrogens with zero attached hydrogens (tertiary/aromatic N) is 2. The van der Waals surface area contributed by atoms with Crippen LogP contribution in [0.2, 0.25) is 0 Å². The first kappa shape index (κ1) is 16.8. The molecule has 22 heavy (non-hydrogen) atoms. The van der Waals surface area contributed by atoms with E-state index in [1.165, 1.54) is 0 Å². The fourth-order valence-corrected chi connectivity index (χ4v) is 2.56. The number of rotatable bonds is 6. The van der Waals surface area contributed by atoms with Gasteiger partial charge in [-0.25, -0.2) is 0 Å². The van der Waals surface area contributed by atoms with Crippen molar-refractivity contribution in [2.24, 2.45) is 0 Å². The van der Waals surface area contributed by atoms with Gasteiger partial charge in [0.1, 0.15) is 12.4 Å². The molecule has 1 aliphatic heterocycles. The third-order valence-electron chi connectivity index (χ3n) is 4.05. The molecule has 0 bridgehead atoms. The number of hydrogen-bond donors (Lipinski definition) is 1. The molecule has 1 aliphatic rings. The Labute approximate surface area is 132 Å². The minimum absolute atomic E-state index is 0.130. The summed E-state index contributed by atoms with van der Waals surface area (Å²) < 4.78 is 5.75. The Kier molecular flexibility index (Phi) is 6.21. The van der Waals surface area contributed by atoms with Gasteiger partial charge in [-0.1, -0.05) is 18.2 Å². The molecule has 5 heteroatoms. The van der Waals surface area contributed by atoms with Crippen molar-refractivity contribution >= 4 is 5.91 Å². The molecule has 0 unspecified atom stereocenters. The monoisotopic (exact) mass is 306 g/mol. The molecule has 1 aromatic rings. The van der Waals surface area contributed by atoms with Crippen LogP contribution in [0.1, 0.15) is 18.4 Å². The van der Waals surface area contributed by atoms with E-state index in [0.29, 0.717) is 45.6 Å². The van der Waals surface area contributed by atoms with Gasteiger partial charge in [-0.2, -0.15) is 0 Å². The average Bonchev–Trinajstić information content (AvgIpc) is 2.50. The second-order valence-electron chi connectivity index (χ2n) is 5.96. The number of aliphatic hydroxyl groups excluding tert-OH is 1. The van der Waals surface area contributed by atoms with Gasteiger partial charge in [0.05, 0.1) is 12.6 Å². The molecule has 122 valence electrons. The predicted octanol–water partition coefficient (Wildman–Crippen LogP) is 1.29. The number of carbonyl (C=O) groups excluding carboxylic acids is 1. The fourth-order valence-electron chi connectivity index (χ4n) is 2.56. The molecule has 0 radical (unpaired) electrons. The van der Waals surface area contributed by atoms with Gasteiger partial charge >= 0.3 is 0 Å². The number of likely N-dealkylation sites (N-methyl/N-ethyl adjacent to an activating group) is 1. The number of benzene rings is 1. The summed E-state index contributed by atoms with van der Waals surface area (Å²) in [6.07, 6.45) is 1.13. The molecular weight excluding hydrogens is 280 g/mol. The second-order valence-corrected chi connectivity index (χ2v) is 5.96. The average molecular weight is 306 g/mol. The third-order valence-corrected chi connectivity index (χ3v) is 4.05. The molecule has 1 saturated heterocycles. The zero-order chi connectivity index (χ0) is 15.9. The van der Waals surface area contributed by atoms with Gasteiger partial charge in [-0.3, -0.25) is 9.69 Å². The summed E-state index contributed by atoms with van der Waals surface area (Å²) in [5.41, 5.74) is 1.12. The highest BCUT2D eigenvalue weighted by atomic mass is 16.5. The van der Waals surface area contributed by atoms with E-state index in [4.69, 9.17) is 4.74 Å². The molecule has 1 fully saturated rings. The third kappa shape index (κ3) is 5.00. The number of aryl methyl sites for hydroxylation is 1. The van der Waals surface area contributed by atoms with E-state index in [2.05, 4.69) is 0 Å². The smallest absolute Gasteiger partial charge is 0.236 e. The lowest BCUT2D eigenvalue weighted by Gasteiger charge is -2.31. The van der Waals surface area contributed by atoms with Crippen LogP contribution >= 0.6 is 0 Å². The summed E-state index contributed by atoms with van der Waals surface area (Å²) in [6.45, 7) is 5.01. The first-order chi connectivity index (χ1) is 10.6. The van der Waals surface area contributed by atoms with E-state index in [0.717, 1.165) is 11.3 Å². The molecule has 0 saturated carbocycles. The van der Waals surface area contributed by atoms with Crippen molar-refractivity contribution in [1.82, 2.24) is 9.80 Å². The van der Waals surface area contributed by atoms with Crippen LogP contribution in [-0.2, 0) is 4.79 Å². The topological polar surface area (TPSA) is 53.0 Å². The van der Waals surface area contributed by atoms with Gasteiger partial charge in [-0.05, 0) is 38.4 Å². The first-order valence-electron chi connectivity index (χ1n) is 7.89. The van der Waals surface area contributed by atoms with Crippen molar-refractivity contribution in [3.05, 3.63) is 29.8 Å². The van der Waals surface area contributed by atoms with E-state index < -0.39 is 0 Å². The predicted molar refractivity (Wildman–Crippen MR) is 86.0 cm³/mol. The Morgan fingerprint density at radius 3 is 2.73 bits per heavy atom. The summed E-state index contributed by atoms with van der Waals surface area (Å²) >= 11 is 0. The minimum atomic E-state index is -0.246. The van der Waals surface area contributed by atoms with E-state index in [9.17, 15) is 9.90 Å². The van der Waals surface area contributed by atoms with Crippen molar-refractivity contribution < 1.29 is 14.6 Å². The van der Waals surface area contributed by atoms with Crippen molar-refractivity contribution in [3.63, 3.8) is 0 Å². The first-order valence-corrected chi connectivity index (χ1v) is 7.89. The van der Waals surface area contributed by atoms with Crippen LogP contribution in [0.25, 0.3) is 0 Å². The summed E-state index contributed by atoms with van der Waals surface area (Å²) in [5, 5.41) is 9.47. The van der Waals surface area contributed by atoms with Crippen LogP contribution in [0.15, 0.2) is 24.3 Å². The molecule has 0 aromatic heterocycles. The normalized spacial score (nSPS) is 16.1. The molecule has 0 atom stereocenters. The maximum absolute atomic E-state index is 12.2. The number of amides is 1. The number of hydrogen-bond acceptors (Lipinski definition) is 4. The highest BCUT2D eigenvalue weighted by molar-refractivity contribution is 5.78. The molecule has 1 heterocycles. The van der Waals surface area contributed by atoms with Gasteiger partial charge in [0.2, 0.25) is 5.91 Å². The fraction of sp³-hybridized carbons (Fsp3) is 0.588. The number of aliphatic hydroxyl groups is 1. The van der Waals surface area contributed by atoms with Crippen molar-refractivity contribution in [2.75, 3.05) is 39.8 Å². The van der Waals surface area contributed by atoms with Crippen LogP contribution in [0.4, 0.5) is 0 Å². The molecule has 5 nitrogen and oxygen atoms in total. The summed E-state index contributed by atoms with van der Waals surface area (Å²) in [5.74, 6) is 1.03. The van der Waals surface area contributed by atoms with Crippen LogP contribution in [0.3, 0.4) is 0 Å². The SMILES string of the molecule is Cc1ccccc1OCCN(C)CC(=O)N1CCC(O)CC1. The van der Waals surface area contributed by atoms with Crippen LogP contribution in [-0.4, -0.2) is 66.8 Å². The van der Waals surface area contributed by atoms with Gasteiger partial charge < -0.3 is 14.7 Å². The highest BCUT2D eigenvalue weighted by Crippen LogP contribution is 2.16. The lowest BCUT2D eigenvalue weighted by molar-refractivity contribution is -0.134. The van der Waals surface area contributed by atoms with Crippen LogP contribution in [0, 0.1) is 6.92 Å². The van der Waals surface area contributed by atoms with Crippen LogP contribution < -0.4 is 4.74 Å². The van der Waals surface area contributed by atoms with Crippen molar-refractivity contribution in [2.45, 2.75) is 25.9 Å². The van der Waals surface area contributed by atoms with Gasteiger partial charge in [0.25, 0.3) is 0 Å². The summed E-state index contributed by atoms with van der Waals surface area (Å²) in [7, 11) is 1.93. The summed E-state index contributed by atoms with van der Waals surface area (Å²) in [6, 6.07) is 7.93. The molecule has 1 amide bonds. The molecular formula is C17H26N2O3. The molecule has 0 aliphatic carbocycles. The molecule has 2 rings (SSSR count). The molecule has 1 N–H and O–H groups in total. The maximum Gasteiger partial charge on any atom is 0.236 e. The number of carbonyl (C=O) groups is 1. The lowest BCUT2D eigenvalue weighted by Crippen LogP contribution is -2.44. The maximum atomic E-state index is 12.2. The Morgan fingerprint density at radius 2 is 2.05 bits per heavy atom. The summed E-state index contributed by atoms with van der Waals surface area (Å²) in [4.78, 5) is 16.0. The Bertz CT molecular complexity index is 485. The van der Waals surface area contributed by atoms with Gasteiger partial charge in [0, 0.05) is 19.6 Å². The van der Waals surface area contributed by atoms with Gasteiger partial charge in [-0.15, -0.1) is 0 Å². The molecule has 0 spiro atoms. The Hall–Kier alpha value is -1.59. The number of piperidine rings is 1. The zero-order valence-corrected chi connectivity index (χ0v) is 13.5. The lowest BCUT2D eigenvalue weighted by atomic mass is 10.1. The highest BCUT2D eigenvalue weighted by Gasteiger charge is 2.21. The van der Waals surface area contributed by atoms with Crippen molar-refractivity contribution in [3.8, 4) is 5.75 Å². The molecule has 1 aromatic carbocycles. The van der Waals surface area contributed by atoms with E-state index >= 15 is 0 Å². The number of para-hydroxylation sites is 1. The standard InChI is InChI=1S/C17H26N2O3/c1-14-5-3-4-6-16(14)22-12-11-18(2)13-17(21)19-9-7-15(20)8-10-19/h3-6,15,20H,7-13H2,1-2H3. The quantitative estimate of drug-likeness (QED) is 0.860. The zero-order valence-electron chi connectivity index (χ0n) is 13.5. The second kappa shape index (κ2) is 8.15. The Balaban J connectivity index is 1.68.